The highest BCUT2D eigenvalue weighted by Crippen LogP contribution is 2.34. The van der Waals surface area contributed by atoms with Crippen LogP contribution in [0.4, 0.5) is 10.1 Å². The van der Waals surface area contributed by atoms with E-state index in [1.54, 1.807) is 13.1 Å². The zero-order valence-electron chi connectivity index (χ0n) is 19.3. The van der Waals surface area contributed by atoms with Gasteiger partial charge in [-0.1, -0.05) is 24.3 Å². The van der Waals surface area contributed by atoms with E-state index >= 15 is 0 Å². The molecule has 3 aromatic carbocycles. The standard InChI is InChI=1S/C25H25FN2O6S/c1-27(16-18-6-3-4-9-22(18)32-2)25(29)17-28(20-8-5-7-19(26)14-20)35(30,31)21-10-11-23-24(15-21)34-13-12-33-23/h3-11,14-15H,12-13,16-17H2,1-2H3. The molecule has 0 atom stereocenters. The van der Waals surface area contributed by atoms with E-state index in [0.717, 1.165) is 15.9 Å². The average molecular weight is 501 g/mol. The first-order chi connectivity index (χ1) is 16.8. The number of rotatable bonds is 8. The summed E-state index contributed by atoms with van der Waals surface area (Å²) in [5.41, 5.74) is 0.789. The van der Waals surface area contributed by atoms with Crippen molar-refractivity contribution in [2.45, 2.75) is 11.4 Å². The minimum Gasteiger partial charge on any atom is -0.496 e. The van der Waals surface area contributed by atoms with Gasteiger partial charge in [0.15, 0.2) is 11.5 Å². The predicted octanol–water partition coefficient (Wildman–Crippen LogP) is 3.46. The van der Waals surface area contributed by atoms with Crippen LogP contribution in [-0.4, -0.2) is 53.1 Å². The zero-order valence-corrected chi connectivity index (χ0v) is 20.1. The Balaban J connectivity index is 1.65. The average Bonchev–Trinajstić information content (AvgIpc) is 2.87. The van der Waals surface area contributed by atoms with Crippen LogP contribution in [0.2, 0.25) is 0 Å². The number of para-hydroxylation sites is 1. The number of methoxy groups -OCH3 is 1. The van der Waals surface area contributed by atoms with Crippen molar-refractivity contribution in [2.24, 2.45) is 0 Å². The number of amides is 1. The Bertz CT molecular complexity index is 1330. The number of benzene rings is 3. The van der Waals surface area contributed by atoms with Crippen LogP contribution in [0.3, 0.4) is 0 Å². The molecular weight excluding hydrogens is 475 g/mol. The monoisotopic (exact) mass is 500 g/mol. The van der Waals surface area contributed by atoms with Gasteiger partial charge in [0.05, 0.1) is 17.7 Å². The van der Waals surface area contributed by atoms with E-state index in [-0.39, 0.29) is 29.5 Å². The molecule has 4 rings (SSSR count). The predicted molar refractivity (Wildman–Crippen MR) is 128 cm³/mol. The van der Waals surface area contributed by atoms with Crippen molar-refractivity contribution in [3.63, 3.8) is 0 Å². The van der Waals surface area contributed by atoms with Gasteiger partial charge >= 0.3 is 0 Å². The van der Waals surface area contributed by atoms with E-state index in [0.29, 0.717) is 18.1 Å². The fourth-order valence-corrected chi connectivity index (χ4v) is 5.10. The van der Waals surface area contributed by atoms with Crippen molar-refractivity contribution in [3.05, 3.63) is 78.1 Å². The summed E-state index contributed by atoms with van der Waals surface area (Å²) < 4.78 is 58.6. The molecule has 0 radical (unpaired) electrons. The van der Waals surface area contributed by atoms with Gasteiger partial charge in [0, 0.05) is 25.2 Å². The summed E-state index contributed by atoms with van der Waals surface area (Å²) in [4.78, 5) is 14.5. The fraction of sp³-hybridized carbons (Fsp3) is 0.240. The third-order valence-electron chi connectivity index (χ3n) is 5.50. The maximum absolute atomic E-state index is 14.0. The number of nitrogens with zero attached hydrogens (tertiary/aromatic N) is 2. The van der Waals surface area contributed by atoms with Gasteiger partial charge in [-0.15, -0.1) is 0 Å². The number of ether oxygens (including phenoxy) is 3. The number of fused-ring (bicyclic) bond motifs is 1. The molecule has 0 aromatic heterocycles. The number of hydrogen-bond donors (Lipinski definition) is 0. The molecule has 1 heterocycles. The van der Waals surface area contributed by atoms with Crippen LogP contribution in [0, 0.1) is 5.82 Å². The van der Waals surface area contributed by atoms with Gasteiger partial charge < -0.3 is 19.1 Å². The highest BCUT2D eigenvalue weighted by Gasteiger charge is 2.30. The number of hydrogen-bond acceptors (Lipinski definition) is 6. The number of likely N-dealkylation sites (N-methyl/N-ethyl adjacent to an activating group) is 1. The molecule has 0 fully saturated rings. The molecule has 1 amide bonds. The first-order valence-electron chi connectivity index (χ1n) is 10.8. The molecule has 0 unspecified atom stereocenters. The smallest absolute Gasteiger partial charge is 0.264 e. The Morgan fingerprint density at radius 2 is 1.74 bits per heavy atom. The lowest BCUT2D eigenvalue weighted by Gasteiger charge is -2.27. The van der Waals surface area contributed by atoms with Crippen LogP contribution in [0.15, 0.2) is 71.6 Å². The Hall–Kier alpha value is -3.79. The summed E-state index contributed by atoms with van der Waals surface area (Å²) >= 11 is 0. The quantitative estimate of drug-likeness (QED) is 0.471. The molecule has 0 N–H and O–H groups in total. The van der Waals surface area contributed by atoms with Crippen LogP contribution in [0.5, 0.6) is 17.2 Å². The molecule has 35 heavy (non-hydrogen) atoms. The van der Waals surface area contributed by atoms with Crippen molar-refractivity contribution in [3.8, 4) is 17.2 Å². The zero-order chi connectivity index (χ0) is 25.0. The fourth-order valence-electron chi connectivity index (χ4n) is 3.68. The maximum Gasteiger partial charge on any atom is 0.264 e. The SMILES string of the molecule is COc1ccccc1CN(C)C(=O)CN(c1cccc(F)c1)S(=O)(=O)c1ccc2c(c1)OCCO2. The Kier molecular flexibility index (Phi) is 7.11. The topological polar surface area (TPSA) is 85.4 Å². The highest BCUT2D eigenvalue weighted by atomic mass is 32.2. The summed E-state index contributed by atoms with van der Waals surface area (Å²) in [6.45, 7) is 0.313. The molecular formula is C25H25FN2O6S. The molecule has 8 nitrogen and oxygen atoms in total. The van der Waals surface area contributed by atoms with E-state index in [1.165, 1.54) is 48.4 Å². The van der Waals surface area contributed by atoms with Gasteiger partial charge in [0.2, 0.25) is 5.91 Å². The second-order valence-corrected chi connectivity index (χ2v) is 9.72. The van der Waals surface area contributed by atoms with Crippen molar-refractivity contribution in [1.82, 2.24) is 4.90 Å². The van der Waals surface area contributed by atoms with E-state index in [4.69, 9.17) is 14.2 Å². The molecule has 0 aliphatic carbocycles. The molecule has 1 aliphatic rings. The highest BCUT2D eigenvalue weighted by molar-refractivity contribution is 7.92. The van der Waals surface area contributed by atoms with E-state index < -0.39 is 28.3 Å². The number of halogens is 1. The second-order valence-electron chi connectivity index (χ2n) is 7.86. The summed E-state index contributed by atoms with van der Waals surface area (Å²) in [6, 6.07) is 16.6. The maximum atomic E-state index is 14.0. The van der Waals surface area contributed by atoms with E-state index in [2.05, 4.69) is 0 Å². The summed E-state index contributed by atoms with van der Waals surface area (Å²) in [6.07, 6.45) is 0. The van der Waals surface area contributed by atoms with E-state index in [9.17, 15) is 17.6 Å². The molecule has 0 saturated carbocycles. The number of carbonyl (C=O) groups excluding carboxylic acids is 1. The van der Waals surface area contributed by atoms with Crippen LogP contribution >= 0.6 is 0 Å². The van der Waals surface area contributed by atoms with Gasteiger partial charge in [0.1, 0.15) is 31.3 Å². The lowest BCUT2D eigenvalue weighted by molar-refractivity contribution is -0.128. The number of anilines is 1. The minimum atomic E-state index is -4.26. The largest absolute Gasteiger partial charge is 0.496 e. The summed E-state index contributed by atoms with van der Waals surface area (Å²) in [7, 11) is -1.16. The number of sulfonamides is 1. The molecule has 10 heteroatoms. The van der Waals surface area contributed by atoms with Crippen molar-refractivity contribution in [2.75, 3.05) is 38.2 Å². The van der Waals surface area contributed by atoms with Gasteiger partial charge in [-0.2, -0.15) is 0 Å². The number of carbonyl (C=O) groups is 1. The van der Waals surface area contributed by atoms with Crippen molar-refractivity contribution < 1.29 is 31.8 Å². The summed E-state index contributed by atoms with van der Waals surface area (Å²) in [5, 5.41) is 0. The third kappa shape index (κ3) is 5.32. The van der Waals surface area contributed by atoms with Crippen molar-refractivity contribution >= 4 is 21.6 Å². The van der Waals surface area contributed by atoms with Gasteiger partial charge in [0.25, 0.3) is 10.0 Å². The van der Waals surface area contributed by atoms with Crippen LogP contribution in [0.1, 0.15) is 5.56 Å². The van der Waals surface area contributed by atoms with Crippen LogP contribution in [0.25, 0.3) is 0 Å². The molecule has 3 aromatic rings. The lowest BCUT2D eigenvalue weighted by atomic mass is 10.2. The Labute approximate surface area is 203 Å². The van der Waals surface area contributed by atoms with Crippen LogP contribution < -0.4 is 18.5 Å². The molecule has 0 spiro atoms. The second kappa shape index (κ2) is 10.2. The molecule has 0 bridgehead atoms. The van der Waals surface area contributed by atoms with Crippen LogP contribution in [-0.2, 0) is 21.4 Å². The van der Waals surface area contributed by atoms with E-state index in [1.807, 2.05) is 18.2 Å². The lowest BCUT2D eigenvalue weighted by Crippen LogP contribution is -2.41. The summed E-state index contributed by atoms with van der Waals surface area (Å²) in [5.74, 6) is 0.218. The first kappa shape index (κ1) is 24.3. The minimum absolute atomic E-state index is 0.0268. The van der Waals surface area contributed by atoms with Gasteiger partial charge in [-0.05, 0) is 36.4 Å². The van der Waals surface area contributed by atoms with Gasteiger partial charge in [-0.3, -0.25) is 9.10 Å². The Morgan fingerprint density at radius 1 is 1.00 bits per heavy atom. The molecule has 184 valence electrons. The normalized spacial score (nSPS) is 12.7. The van der Waals surface area contributed by atoms with Crippen molar-refractivity contribution in [1.29, 1.82) is 0 Å². The molecule has 1 aliphatic heterocycles. The molecule has 0 saturated heterocycles. The van der Waals surface area contributed by atoms with Gasteiger partial charge in [-0.25, -0.2) is 12.8 Å². The third-order valence-corrected chi connectivity index (χ3v) is 7.27. The first-order valence-corrected chi connectivity index (χ1v) is 12.3. The Morgan fingerprint density at radius 3 is 2.49 bits per heavy atom.